The third kappa shape index (κ3) is 2.54. The lowest BCUT2D eigenvalue weighted by molar-refractivity contribution is 0.0629. The van der Waals surface area contributed by atoms with E-state index in [1.807, 2.05) is 6.92 Å². The van der Waals surface area contributed by atoms with E-state index in [0.717, 1.165) is 6.42 Å². The first kappa shape index (κ1) is 14.8. The number of hydrogen-bond acceptors (Lipinski definition) is 3. The Bertz CT molecular complexity index is 698. The normalized spacial score (nSPS) is 19.2. The van der Waals surface area contributed by atoms with Crippen molar-refractivity contribution in [2.75, 3.05) is 26.9 Å². The second-order valence-electron chi connectivity index (χ2n) is 5.50. The van der Waals surface area contributed by atoms with Crippen molar-refractivity contribution in [2.45, 2.75) is 19.4 Å². The Kier molecular flexibility index (Phi) is 4.02. The van der Waals surface area contributed by atoms with Gasteiger partial charge in [-0.15, -0.1) is 0 Å². The average molecular weight is 306 g/mol. The Balaban J connectivity index is 1.99. The van der Waals surface area contributed by atoms with Gasteiger partial charge in [-0.2, -0.15) is 0 Å². The second kappa shape index (κ2) is 5.96. The van der Waals surface area contributed by atoms with Gasteiger partial charge in [0.05, 0.1) is 25.3 Å². The standard InChI is InChI=1S/C16H19FN2O3/c1-10-9-22-7-3-6-19(10)16(20)13-8-11-14(21-2)5-4-12(17)15(11)18-13/h4-5,8,10,18H,3,6-7,9H2,1-2H3. The van der Waals surface area contributed by atoms with Crippen LogP contribution >= 0.6 is 0 Å². The number of nitrogens with one attached hydrogen (secondary N) is 1. The van der Waals surface area contributed by atoms with Crippen LogP contribution in [-0.2, 0) is 4.74 Å². The number of fused-ring (bicyclic) bond motifs is 1. The van der Waals surface area contributed by atoms with Crippen molar-refractivity contribution < 1.29 is 18.7 Å². The number of aromatic nitrogens is 1. The molecule has 3 rings (SSSR count). The predicted molar refractivity (Wildman–Crippen MR) is 80.7 cm³/mol. The SMILES string of the molecule is COc1ccc(F)c2[nH]c(C(=O)N3CCCOCC3C)cc12. The molecule has 1 aromatic carbocycles. The molecule has 2 aromatic rings. The monoisotopic (exact) mass is 306 g/mol. The van der Waals surface area contributed by atoms with Crippen LogP contribution in [0, 0.1) is 5.82 Å². The largest absolute Gasteiger partial charge is 0.496 e. The number of H-pyrrole nitrogens is 1. The van der Waals surface area contributed by atoms with Crippen LogP contribution in [0.15, 0.2) is 18.2 Å². The van der Waals surface area contributed by atoms with Crippen LogP contribution in [-0.4, -0.2) is 48.7 Å². The Morgan fingerprint density at radius 1 is 1.50 bits per heavy atom. The zero-order valence-electron chi connectivity index (χ0n) is 12.7. The summed E-state index contributed by atoms with van der Waals surface area (Å²) in [4.78, 5) is 17.4. The highest BCUT2D eigenvalue weighted by molar-refractivity contribution is 6.00. The van der Waals surface area contributed by atoms with Crippen molar-refractivity contribution in [3.05, 3.63) is 29.7 Å². The Hall–Kier alpha value is -2.08. The average Bonchev–Trinajstić information content (AvgIpc) is 2.86. The van der Waals surface area contributed by atoms with E-state index in [1.54, 1.807) is 17.0 Å². The van der Waals surface area contributed by atoms with Gasteiger partial charge in [-0.25, -0.2) is 4.39 Å². The highest BCUT2D eigenvalue weighted by Crippen LogP contribution is 2.29. The van der Waals surface area contributed by atoms with Crippen molar-refractivity contribution in [1.29, 1.82) is 0 Å². The third-order valence-electron chi connectivity index (χ3n) is 3.99. The molecule has 0 aliphatic carbocycles. The summed E-state index contributed by atoms with van der Waals surface area (Å²) >= 11 is 0. The van der Waals surface area contributed by atoms with Gasteiger partial charge in [-0.3, -0.25) is 4.79 Å². The lowest BCUT2D eigenvalue weighted by Gasteiger charge is -2.25. The van der Waals surface area contributed by atoms with Gasteiger partial charge < -0.3 is 19.4 Å². The maximum atomic E-state index is 13.9. The summed E-state index contributed by atoms with van der Waals surface area (Å²) in [5.74, 6) is -0.00306. The summed E-state index contributed by atoms with van der Waals surface area (Å²) in [5.41, 5.74) is 0.661. The van der Waals surface area contributed by atoms with Gasteiger partial charge in [0.2, 0.25) is 0 Å². The van der Waals surface area contributed by atoms with Crippen molar-refractivity contribution in [2.24, 2.45) is 0 Å². The lowest BCUT2D eigenvalue weighted by atomic mass is 10.2. The molecule has 0 spiro atoms. The van der Waals surface area contributed by atoms with Crippen LogP contribution in [0.2, 0.25) is 0 Å². The van der Waals surface area contributed by atoms with E-state index in [4.69, 9.17) is 9.47 Å². The van der Waals surface area contributed by atoms with E-state index in [0.29, 0.717) is 42.1 Å². The van der Waals surface area contributed by atoms with Gasteiger partial charge in [0.15, 0.2) is 0 Å². The molecule has 1 amide bonds. The topological polar surface area (TPSA) is 54.6 Å². The lowest BCUT2D eigenvalue weighted by Crippen LogP contribution is -2.40. The molecule has 1 atom stereocenters. The number of nitrogens with zero attached hydrogens (tertiary/aromatic N) is 1. The summed E-state index contributed by atoms with van der Waals surface area (Å²) < 4.78 is 24.6. The molecule has 1 aromatic heterocycles. The van der Waals surface area contributed by atoms with E-state index >= 15 is 0 Å². The van der Waals surface area contributed by atoms with Gasteiger partial charge in [0.25, 0.3) is 5.91 Å². The van der Waals surface area contributed by atoms with E-state index in [1.165, 1.54) is 13.2 Å². The molecule has 0 saturated carbocycles. The molecule has 0 radical (unpaired) electrons. The predicted octanol–water partition coefficient (Wildman–Crippen LogP) is 2.57. The molecule has 2 heterocycles. The Morgan fingerprint density at radius 3 is 3.09 bits per heavy atom. The van der Waals surface area contributed by atoms with Crippen LogP contribution in [0.5, 0.6) is 5.75 Å². The highest BCUT2D eigenvalue weighted by atomic mass is 19.1. The van der Waals surface area contributed by atoms with Crippen LogP contribution in [0.1, 0.15) is 23.8 Å². The molecule has 6 heteroatoms. The smallest absolute Gasteiger partial charge is 0.270 e. The van der Waals surface area contributed by atoms with E-state index < -0.39 is 5.82 Å². The molecule has 0 bridgehead atoms. The zero-order valence-corrected chi connectivity index (χ0v) is 12.7. The highest BCUT2D eigenvalue weighted by Gasteiger charge is 2.25. The number of halogens is 1. The van der Waals surface area contributed by atoms with E-state index in [9.17, 15) is 9.18 Å². The van der Waals surface area contributed by atoms with Crippen LogP contribution in [0.4, 0.5) is 4.39 Å². The molecule has 1 unspecified atom stereocenters. The van der Waals surface area contributed by atoms with E-state index in [2.05, 4.69) is 4.98 Å². The number of benzene rings is 1. The zero-order chi connectivity index (χ0) is 15.7. The first-order valence-electron chi connectivity index (χ1n) is 7.35. The number of aromatic amines is 1. The molecular formula is C16H19FN2O3. The van der Waals surface area contributed by atoms with Crippen molar-refractivity contribution in [3.8, 4) is 5.75 Å². The van der Waals surface area contributed by atoms with Crippen LogP contribution in [0.3, 0.4) is 0 Å². The number of methoxy groups -OCH3 is 1. The molecule has 1 aliphatic rings. The van der Waals surface area contributed by atoms with Crippen LogP contribution in [0.25, 0.3) is 10.9 Å². The first-order chi connectivity index (χ1) is 10.6. The first-order valence-corrected chi connectivity index (χ1v) is 7.35. The van der Waals surface area contributed by atoms with Crippen molar-refractivity contribution in [1.82, 2.24) is 9.88 Å². The molecule has 5 nitrogen and oxygen atoms in total. The van der Waals surface area contributed by atoms with Gasteiger partial charge in [0, 0.05) is 18.5 Å². The van der Waals surface area contributed by atoms with Gasteiger partial charge in [-0.1, -0.05) is 0 Å². The number of carbonyl (C=O) groups excluding carboxylic acids is 1. The molecule has 1 aliphatic heterocycles. The minimum Gasteiger partial charge on any atom is -0.496 e. The third-order valence-corrected chi connectivity index (χ3v) is 3.99. The minimum atomic E-state index is -0.401. The summed E-state index contributed by atoms with van der Waals surface area (Å²) in [6, 6.07) is 4.53. The second-order valence-corrected chi connectivity index (χ2v) is 5.50. The molecule has 118 valence electrons. The fraction of sp³-hybridized carbons (Fsp3) is 0.438. The molecule has 1 saturated heterocycles. The van der Waals surface area contributed by atoms with Gasteiger partial charge in [-0.05, 0) is 31.5 Å². The summed E-state index contributed by atoms with van der Waals surface area (Å²) in [7, 11) is 1.52. The Labute approximate surface area is 128 Å². The maximum Gasteiger partial charge on any atom is 0.270 e. The minimum absolute atomic E-state index is 0.00634. The summed E-state index contributed by atoms with van der Waals surface area (Å²) in [6.45, 7) is 3.76. The number of rotatable bonds is 2. The molecule has 1 N–H and O–H groups in total. The number of hydrogen-bond donors (Lipinski definition) is 1. The van der Waals surface area contributed by atoms with Crippen molar-refractivity contribution >= 4 is 16.8 Å². The quantitative estimate of drug-likeness (QED) is 0.928. The van der Waals surface area contributed by atoms with E-state index in [-0.39, 0.29) is 11.9 Å². The number of amides is 1. The number of ether oxygens (including phenoxy) is 2. The fourth-order valence-corrected chi connectivity index (χ4v) is 2.81. The Morgan fingerprint density at radius 2 is 2.32 bits per heavy atom. The van der Waals surface area contributed by atoms with Gasteiger partial charge in [0.1, 0.15) is 17.3 Å². The molecule has 1 fully saturated rings. The molecular weight excluding hydrogens is 287 g/mol. The van der Waals surface area contributed by atoms with Crippen molar-refractivity contribution in [3.63, 3.8) is 0 Å². The van der Waals surface area contributed by atoms with Gasteiger partial charge >= 0.3 is 0 Å². The molecule has 22 heavy (non-hydrogen) atoms. The number of carbonyl (C=O) groups is 1. The maximum absolute atomic E-state index is 13.9. The fourth-order valence-electron chi connectivity index (χ4n) is 2.81. The summed E-state index contributed by atoms with van der Waals surface area (Å²) in [6.07, 6.45) is 0.800. The van der Waals surface area contributed by atoms with Crippen LogP contribution < -0.4 is 4.74 Å². The summed E-state index contributed by atoms with van der Waals surface area (Å²) in [5, 5.41) is 0.574.